The number of nitrogens with two attached hydrogens (primary N) is 1. The number of benzene rings is 1. The van der Waals surface area contributed by atoms with Crippen LogP contribution in [-0.4, -0.2) is 16.2 Å². The standard InChI is InChI=1S/C12H13BrN2.C4H10.2C2H6.CH3NO/c1-8-4-5-10(9(2)6-8)12-11(13)7-14-15(12)3;1-3-4-2;2*1-2;2-1-3/h4-7H,1-3H3;3-4H2,1-2H3;2*1-2H3;1H,(H2,2,3). The molecule has 26 heavy (non-hydrogen) atoms. The van der Waals surface area contributed by atoms with Gasteiger partial charge in [0.15, 0.2) is 0 Å². The van der Waals surface area contributed by atoms with E-state index >= 15 is 0 Å². The monoisotopic (exact) mass is 427 g/mol. The second-order valence-electron chi connectivity index (χ2n) is 4.92. The molecule has 2 aromatic rings. The van der Waals surface area contributed by atoms with Gasteiger partial charge in [-0.3, -0.25) is 9.48 Å². The molecule has 0 fully saturated rings. The van der Waals surface area contributed by atoms with Gasteiger partial charge in [0.2, 0.25) is 6.41 Å². The Hall–Kier alpha value is -1.62. The first-order valence-corrected chi connectivity index (χ1v) is 10.1. The van der Waals surface area contributed by atoms with Crippen molar-refractivity contribution in [3.8, 4) is 11.3 Å². The lowest BCUT2D eigenvalue weighted by molar-refractivity contribution is -0.106. The molecule has 0 saturated heterocycles. The van der Waals surface area contributed by atoms with Crippen molar-refractivity contribution in [2.24, 2.45) is 12.8 Å². The molecule has 1 aromatic carbocycles. The molecule has 0 atom stereocenters. The summed E-state index contributed by atoms with van der Waals surface area (Å²) >= 11 is 3.52. The number of halogens is 1. The molecule has 2 N–H and O–H groups in total. The van der Waals surface area contributed by atoms with E-state index < -0.39 is 0 Å². The van der Waals surface area contributed by atoms with Crippen LogP contribution in [-0.2, 0) is 11.8 Å². The Morgan fingerprint density at radius 1 is 1.12 bits per heavy atom. The first kappa shape index (κ1) is 29.2. The average Bonchev–Trinajstić information content (AvgIpc) is 2.98. The van der Waals surface area contributed by atoms with Gasteiger partial charge in [0, 0.05) is 12.6 Å². The zero-order chi connectivity index (χ0) is 21.1. The Balaban J connectivity index is -0.000000405. The molecule has 0 bridgehead atoms. The first-order valence-electron chi connectivity index (χ1n) is 9.33. The van der Waals surface area contributed by atoms with Gasteiger partial charge in [0.1, 0.15) is 0 Å². The number of unbranched alkanes of at least 4 members (excludes halogenated alkanes) is 1. The minimum atomic E-state index is 0.250. The zero-order valence-electron chi connectivity index (χ0n) is 18.1. The Labute approximate surface area is 169 Å². The van der Waals surface area contributed by atoms with E-state index in [0.29, 0.717) is 0 Å². The summed E-state index contributed by atoms with van der Waals surface area (Å²) in [6.45, 7) is 16.6. The van der Waals surface area contributed by atoms with Gasteiger partial charge >= 0.3 is 0 Å². The number of hydrogen-bond acceptors (Lipinski definition) is 2. The molecular formula is C21H38BrN3O. The fourth-order valence-corrected chi connectivity index (χ4v) is 2.35. The number of carbonyl (C=O) groups is 1. The van der Waals surface area contributed by atoms with Crippen molar-refractivity contribution in [3.63, 3.8) is 0 Å². The molecule has 5 heteroatoms. The highest BCUT2D eigenvalue weighted by atomic mass is 79.9. The summed E-state index contributed by atoms with van der Waals surface area (Å²) in [7, 11) is 1.96. The third-order valence-corrected chi connectivity index (χ3v) is 3.61. The number of amides is 1. The largest absolute Gasteiger partial charge is 0.372 e. The molecular weight excluding hydrogens is 390 g/mol. The lowest BCUT2D eigenvalue weighted by atomic mass is 10.0. The van der Waals surface area contributed by atoms with Gasteiger partial charge in [0.05, 0.1) is 16.4 Å². The summed E-state index contributed by atoms with van der Waals surface area (Å²) in [6.07, 6.45) is 4.72. The van der Waals surface area contributed by atoms with Crippen LogP contribution in [0.15, 0.2) is 28.9 Å². The summed E-state index contributed by atoms with van der Waals surface area (Å²) in [4.78, 5) is 8.58. The summed E-state index contributed by atoms with van der Waals surface area (Å²) < 4.78 is 2.93. The van der Waals surface area contributed by atoms with Crippen LogP contribution in [0.1, 0.15) is 65.5 Å². The van der Waals surface area contributed by atoms with E-state index in [-0.39, 0.29) is 6.41 Å². The molecule has 2 rings (SSSR count). The van der Waals surface area contributed by atoms with E-state index in [0.717, 1.165) is 10.2 Å². The summed E-state index contributed by atoms with van der Waals surface area (Å²) in [5.74, 6) is 0. The van der Waals surface area contributed by atoms with Crippen LogP contribution in [0.4, 0.5) is 0 Å². The van der Waals surface area contributed by atoms with Crippen molar-refractivity contribution in [2.45, 2.75) is 68.2 Å². The Morgan fingerprint density at radius 3 is 1.88 bits per heavy atom. The topological polar surface area (TPSA) is 60.9 Å². The van der Waals surface area contributed by atoms with Crippen molar-refractivity contribution in [3.05, 3.63) is 40.0 Å². The van der Waals surface area contributed by atoms with Crippen LogP contribution in [0, 0.1) is 13.8 Å². The molecule has 0 aliphatic carbocycles. The maximum absolute atomic E-state index is 8.58. The molecule has 1 aromatic heterocycles. The number of aromatic nitrogens is 2. The lowest BCUT2D eigenvalue weighted by Gasteiger charge is -2.08. The van der Waals surface area contributed by atoms with Gasteiger partial charge in [-0.25, -0.2) is 0 Å². The lowest BCUT2D eigenvalue weighted by Crippen LogP contribution is -1.95. The van der Waals surface area contributed by atoms with Crippen LogP contribution >= 0.6 is 15.9 Å². The molecule has 150 valence electrons. The number of carbonyl (C=O) groups excluding carboxylic acids is 1. The van der Waals surface area contributed by atoms with E-state index in [4.69, 9.17) is 4.79 Å². The van der Waals surface area contributed by atoms with Gasteiger partial charge in [-0.15, -0.1) is 0 Å². The molecule has 1 amide bonds. The van der Waals surface area contributed by atoms with E-state index in [1.165, 1.54) is 29.5 Å². The normalized spacial score (nSPS) is 8.23. The van der Waals surface area contributed by atoms with Crippen molar-refractivity contribution in [2.75, 3.05) is 0 Å². The van der Waals surface area contributed by atoms with E-state index in [9.17, 15) is 0 Å². The molecule has 0 saturated carbocycles. The third kappa shape index (κ3) is 11.9. The second kappa shape index (κ2) is 19.7. The van der Waals surface area contributed by atoms with Crippen LogP contribution in [0.25, 0.3) is 11.3 Å². The fourth-order valence-electron chi connectivity index (χ4n) is 1.79. The van der Waals surface area contributed by atoms with Gasteiger partial charge in [-0.05, 0) is 35.3 Å². The van der Waals surface area contributed by atoms with Crippen LogP contribution in [0.5, 0.6) is 0 Å². The van der Waals surface area contributed by atoms with Crippen LogP contribution in [0.3, 0.4) is 0 Å². The number of nitrogens with zero attached hydrogens (tertiary/aromatic N) is 2. The smallest absolute Gasteiger partial charge is 0.204 e. The maximum atomic E-state index is 8.58. The SMILES string of the molecule is CC.CC.CCCC.Cc1ccc(-c2c(Br)cnn2C)c(C)c1.NC=O. The number of rotatable bonds is 2. The molecule has 0 unspecified atom stereocenters. The van der Waals surface area contributed by atoms with Gasteiger partial charge < -0.3 is 5.73 Å². The zero-order valence-corrected chi connectivity index (χ0v) is 19.6. The van der Waals surface area contributed by atoms with E-state index in [1.54, 1.807) is 0 Å². The molecule has 0 radical (unpaired) electrons. The predicted molar refractivity (Wildman–Crippen MR) is 119 cm³/mol. The Morgan fingerprint density at radius 2 is 1.58 bits per heavy atom. The Bertz CT molecular complexity index is 559. The second-order valence-corrected chi connectivity index (χ2v) is 5.77. The molecule has 0 spiro atoms. The maximum Gasteiger partial charge on any atom is 0.204 e. The molecule has 0 aliphatic heterocycles. The first-order chi connectivity index (χ1) is 12.4. The van der Waals surface area contributed by atoms with Crippen molar-refractivity contribution < 1.29 is 4.79 Å². The Kier molecular flexibility index (Phi) is 22.1. The molecule has 1 heterocycles. The van der Waals surface area contributed by atoms with Crippen molar-refractivity contribution >= 4 is 22.3 Å². The van der Waals surface area contributed by atoms with E-state index in [2.05, 4.69) is 72.7 Å². The molecule has 4 nitrogen and oxygen atoms in total. The van der Waals surface area contributed by atoms with Crippen molar-refractivity contribution in [1.82, 2.24) is 9.78 Å². The van der Waals surface area contributed by atoms with Gasteiger partial charge in [-0.2, -0.15) is 5.10 Å². The molecule has 0 aliphatic rings. The third-order valence-electron chi connectivity index (χ3n) is 3.03. The van der Waals surface area contributed by atoms with Gasteiger partial charge in [0.25, 0.3) is 0 Å². The minimum Gasteiger partial charge on any atom is -0.372 e. The average molecular weight is 428 g/mol. The summed E-state index contributed by atoms with van der Waals surface area (Å²) in [5, 5.41) is 4.23. The highest BCUT2D eigenvalue weighted by molar-refractivity contribution is 9.10. The quantitative estimate of drug-likeness (QED) is 0.561. The number of aryl methyl sites for hydroxylation is 3. The van der Waals surface area contributed by atoms with Crippen LogP contribution in [0.2, 0.25) is 0 Å². The van der Waals surface area contributed by atoms with Crippen LogP contribution < -0.4 is 5.73 Å². The number of primary amides is 1. The fraction of sp³-hybridized carbons (Fsp3) is 0.524. The van der Waals surface area contributed by atoms with E-state index in [1.807, 2.05) is 45.6 Å². The minimum absolute atomic E-state index is 0.250. The highest BCUT2D eigenvalue weighted by Crippen LogP contribution is 2.30. The van der Waals surface area contributed by atoms with Gasteiger partial charge in [-0.1, -0.05) is 78.1 Å². The highest BCUT2D eigenvalue weighted by Gasteiger charge is 2.10. The number of hydrogen-bond donors (Lipinski definition) is 1. The predicted octanol–water partition coefficient (Wildman–Crippen LogP) is 6.43. The summed E-state index contributed by atoms with van der Waals surface area (Å²) in [6, 6.07) is 6.46. The summed E-state index contributed by atoms with van der Waals surface area (Å²) in [5.41, 5.74) is 9.09. The van der Waals surface area contributed by atoms with Crippen molar-refractivity contribution in [1.29, 1.82) is 0 Å².